The maximum atomic E-state index is 11.8. The number of carbonyl (C=O) groups is 1. The largest absolute Gasteiger partial charge is 0.506 e. The molecule has 0 spiro atoms. The number of carbonyl (C=O) groups excluding carboxylic acids is 1. The number of hydrogen-bond acceptors (Lipinski definition) is 5. The number of amides is 1. The lowest BCUT2D eigenvalue weighted by Crippen LogP contribution is -2.30. The second-order valence-electron chi connectivity index (χ2n) is 4.21. The molecule has 0 aromatic heterocycles. The van der Waals surface area contributed by atoms with Gasteiger partial charge in [-0.15, -0.1) is 0 Å². The number of nitrogens with two attached hydrogens (primary N) is 1. The molecule has 2 rings (SSSR count). The molecule has 104 valence electrons. The number of phenolic OH excluding ortho intramolecular Hbond substituents is 1. The molecule has 1 aliphatic heterocycles. The number of anilines is 1. The van der Waals surface area contributed by atoms with Gasteiger partial charge in [0.15, 0.2) is 0 Å². The van der Waals surface area contributed by atoms with Crippen LogP contribution in [-0.4, -0.2) is 32.5 Å². The first-order valence-electron chi connectivity index (χ1n) is 5.80. The van der Waals surface area contributed by atoms with Gasteiger partial charge in [0.25, 0.3) is 5.91 Å². The Morgan fingerprint density at radius 2 is 2.16 bits per heavy atom. The van der Waals surface area contributed by atoms with Gasteiger partial charge in [-0.25, -0.2) is 9.03 Å². The Hall–Kier alpha value is -1.80. The minimum absolute atomic E-state index is 0.148. The third-order valence-electron chi connectivity index (χ3n) is 2.82. The van der Waals surface area contributed by atoms with Crippen LogP contribution in [0.2, 0.25) is 0 Å². The van der Waals surface area contributed by atoms with Gasteiger partial charge in [0.05, 0.1) is 5.69 Å². The summed E-state index contributed by atoms with van der Waals surface area (Å²) < 4.78 is 26.4. The summed E-state index contributed by atoms with van der Waals surface area (Å²) in [5, 5.41) is 9.89. The molecule has 4 N–H and O–H groups in total. The van der Waals surface area contributed by atoms with E-state index in [1.165, 1.54) is 6.07 Å². The lowest BCUT2D eigenvalue weighted by molar-refractivity contribution is -0.117. The van der Waals surface area contributed by atoms with Crippen LogP contribution < -0.4 is 14.8 Å². The summed E-state index contributed by atoms with van der Waals surface area (Å²) in [6.45, 7) is 0.133. The van der Waals surface area contributed by atoms with Crippen LogP contribution in [0.3, 0.4) is 0 Å². The Morgan fingerprint density at radius 1 is 1.42 bits per heavy atom. The van der Waals surface area contributed by atoms with E-state index in [-0.39, 0.29) is 18.0 Å². The first kappa shape index (κ1) is 13.6. The van der Waals surface area contributed by atoms with Crippen molar-refractivity contribution in [1.29, 1.82) is 0 Å². The lowest BCUT2D eigenvalue weighted by atomic mass is 10.1. The van der Waals surface area contributed by atoms with Crippen LogP contribution >= 0.6 is 0 Å². The molecule has 1 aromatic carbocycles. The van der Waals surface area contributed by atoms with Gasteiger partial charge >= 0.3 is 10.2 Å². The highest BCUT2D eigenvalue weighted by molar-refractivity contribution is 7.92. The standard InChI is InChI=1S/C11H15N3O4S/c12-6-2-4-8-3-1-5-9(15)11(8)14-7-10(16)13-19(14,17)18/h1,3,5,15H,2,4,6-7,12H2,(H,13,16). The van der Waals surface area contributed by atoms with Crippen LogP contribution in [-0.2, 0) is 21.4 Å². The summed E-state index contributed by atoms with van der Waals surface area (Å²) in [6, 6.07) is 4.73. The van der Waals surface area contributed by atoms with Gasteiger partial charge in [0.1, 0.15) is 12.3 Å². The molecule has 1 amide bonds. The lowest BCUT2D eigenvalue weighted by Gasteiger charge is -2.19. The summed E-state index contributed by atoms with van der Waals surface area (Å²) in [5.41, 5.74) is 6.22. The predicted molar refractivity (Wildman–Crippen MR) is 69.9 cm³/mol. The topological polar surface area (TPSA) is 113 Å². The van der Waals surface area contributed by atoms with Crippen molar-refractivity contribution in [3.8, 4) is 5.75 Å². The second kappa shape index (κ2) is 5.06. The summed E-state index contributed by atoms with van der Waals surface area (Å²) >= 11 is 0. The van der Waals surface area contributed by atoms with Gasteiger partial charge in [0.2, 0.25) is 0 Å². The monoisotopic (exact) mass is 285 g/mol. The number of nitrogens with one attached hydrogen (secondary N) is 1. The quantitative estimate of drug-likeness (QED) is 0.688. The molecule has 0 atom stereocenters. The Kier molecular flexibility index (Phi) is 3.63. The van der Waals surface area contributed by atoms with E-state index in [2.05, 4.69) is 0 Å². The molecule has 0 unspecified atom stereocenters. The maximum absolute atomic E-state index is 11.8. The summed E-state index contributed by atoms with van der Waals surface area (Å²) in [4.78, 5) is 11.2. The molecule has 7 nitrogen and oxygen atoms in total. The maximum Gasteiger partial charge on any atom is 0.326 e. The number of para-hydroxylation sites is 1. The molecular weight excluding hydrogens is 270 g/mol. The molecule has 8 heteroatoms. The minimum Gasteiger partial charge on any atom is -0.506 e. The van der Waals surface area contributed by atoms with Gasteiger partial charge in [-0.05, 0) is 31.0 Å². The molecule has 1 fully saturated rings. The number of aryl methyl sites for hydroxylation is 1. The zero-order valence-electron chi connectivity index (χ0n) is 10.2. The van der Waals surface area contributed by atoms with E-state index < -0.39 is 16.1 Å². The zero-order chi connectivity index (χ0) is 14.0. The van der Waals surface area contributed by atoms with E-state index in [1.54, 1.807) is 12.1 Å². The minimum atomic E-state index is -3.92. The van der Waals surface area contributed by atoms with Crippen molar-refractivity contribution in [1.82, 2.24) is 4.72 Å². The highest BCUT2D eigenvalue weighted by Crippen LogP contribution is 2.34. The van der Waals surface area contributed by atoms with Gasteiger partial charge < -0.3 is 10.8 Å². The van der Waals surface area contributed by atoms with Gasteiger partial charge in [0, 0.05) is 0 Å². The first-order valence-corrected chi connectivity index (χ1v) is 7.24. The summed E-state index contributed by atoms with van der Waals surface area (Å²) in [5.74, 6) is -0.789. The molecule has 1 aliphatic rings. The van der Waals surface area contributed by atoms with Crippen molar-refractivity contribution in [3.05, 3.63) is 23.8 Å². The number of rotatable bonds is 4. The van der Waals surface area contributed by atoms with Crippen LogP contribution in [0.5, 0.6) is 5.75 Å². The van der Waals surface area contributed by atoms with Crippen molar-refractivity contribution in [2.45, 2.75) is 12.8 Å². The average Bonchev–Trinajstić information content (AvgIpc) is 2.59. The Labute approximate surface area is 111 Å². The Morgan fingerprint density at radius 3 is 2.74 bits per heavy atom. The molecule has 0 radical (unpaired) electrons. The number of aromatic hydroxyl groups is 1. The zero-order valence-corrected chi connectivity index (χ0v) is 11.0. The third-order valence-corrected chi connectivity index (χ3v) is 4.20. The fraction of sp³-hybridized carbons (Fsp3) is 0.364. The van der Waals surface area contributed by atoms with Crippen LogP contribution in [0.1, 0.15) is 12.0 Å². The molecule has 1 heterocycles. The fourth-order valence-electron chi connectivity index (χ4n) is 2.01. The van der Waals surface area contributed by atoms with E-state index in [0.29, 0.717) is 24.9 Å². The number of nitrogens with zero attached hydrogens (tertiary/aromatic N) is 1. The Balaban J connectivity index is 2.46. The van der Waals surface area contributed by atoms with Crippen molar-refractivity contribution >= 4 is 21.8 Å². The van der Waals surface area contributed by atoms with Crippen molar-refractivity contribution < 1.29 is 18.3 Å². The molecule has 0 saturated carbocycles. The summed E-state index contributed by atoms with van der Waals surface area (Å²) in [7, 11) is -3.92. The van der Waals surface area contributed by atoms with Gasteiger partial charge in [-0.1, -0.05) is 12.1 Å². The van der Waals surface area contributed by atoms with Crippen molar-refractivity contribution in [2.75, 3.05) is 17.4 Å². The molecule has 1 aromatic rings. The highest BCUT2D eigenvalue weighted by atomic mass is 32.2. The van der Waals surface area contributed by atoms with Crippen LogP contribution in [0.4, 0.5) is 5.69 Å². The number of benzene rings is 1. The van der Waals surface area contributed by atoms with Gasteiger partial charge in [-0.2, -0.15) is 8.42 Å². The molecule has 0 bridgehead atoms. The van der Waals surface area contributed by atoms with E-state index in [0.717, 1.165) is 4.31 Å². The van der Waals surface area contributed by atoms with Gasteiger partial charge in [-0.3, -0.25) is 4.79 Å². The second-order valence-corrected chi connectivity index (χ2v) is 5.81. The molecule has 0 aliphatic carbocycles. The van der Waals surface area contributed by atoms with Crippen molar-refractivity contribution in [2.24, 2.45) is 5.73 Å². The van der Waals surface area contributed by atoms with E-state index in [1.807, 2.05) is 4.72 Å². The molecule has 1 saturated heterocycles. The highest BCUT2D eigenvalue weighted by Gasteiger charge is 2.36. The van der Waals surface area contributed by atoms with E-state index in [4.69, 9.17) is 5.73 Å². The fourth-order valence-corrected chi connectivity index (χ4v) is 3.21. The van der Waals surface area contributed by atoms with E-state index >= 15 is 0 Å². The third kappa shape index (κ3) is 2.64. The number of phenols is 1. The van der Waals surface area contributed by atoms with E-state index in [9.17, 15) is 18.3 Å². The SMILES string of the molecule is NCCCc1cccc(O)c1N1CC(=O)NS1(=O)=O. The first-order chi connectivity index (χ1) is 8.95. The molecule has 19 heavy (non-hydrogen) atoms. The predicted octanol–water partition coefficient (Wildman–Crippen LogP) is -0.536. The normalized spacial score (nSPS) is 17.5. The van der Waals surface area contributed by atoms with Crippen molar-refractivity contribution in [3.63, 3.8) is 0 Å². The summed E-state index contributed by atoms with van der Waals surface area (Å²) in [6.07, 6.45) is 1.19. The van der Waals surface area contributed by atoms with Crippen LogP contribution in [0, 0.1) is 0 Å². The van der Waals surface area contributed by atoms with Crippen LogP contribution in [0.25, 0.3) is 0 Å². The molecular formula is C11H15N3O4S. The average molecular weight is 285 g/mol. The van der Waals surface area contributed by atoms with Crippen LogP contribution in [0.15, 0.2) is 18.2 Å². The number of hydrogen-bond donors (Lipinski definition) is 3. The smallest absolute Gasteiger partial charge is 0.326 e. The Bertz CT molecular complexity index is 600.